The lowest BCUT2D eigenvalue weighted by molar-refractivity contribution is -0.139. The van der Waals surface area contributed by atoms with E-state index >= 15 is 0 Å². The van der Waals surface area contributed by atoms with E-state index in [0.717, 1.165) is 12.1 Å². The van der Waals surface area contributed by atoms with Gasteiger partial charge in [-0.2, -0.15) is 0 Å². The van der Waals surface area contributed by atoms with Crippen molar-refractivity contribution in [1.82, 2.24) is 5.32 Å². The summed E-state index contributed by atoms with van der Waals surface area (Å²) in [4.78, 5) is 22.7. The number of hydrogen-bond donors (Lipinski definition) is 2. The fourth-order valence-electron chi connectivity index (χ4n) is 1.55. The van der Waals surface area contributed by atoms with E-state index in [9.17, 15) is 18.4 Å². The maximum Gasteiger partial charge on any atom is 0.408 e. The summed E-state index contributed by atoms with van der Waals surface area (Å²) >= 11 is 0. The minimum Gasteiger partial charge on any atom is -0.480 e. The van der Waals surface area contributed by atoms with Gasteiger partial charge < -0.3 is 15.2 Å². The summed E-state index contributed by atoms with van der Waals surface area (Å²) in [5.41, 5.74) is -0.521. The number of carbonyl (C=O) groups excluding carboxylic acids is 1. The summed E-state index contributed by atoms with van der Waals surface area (Å²) in [6.45, 7) is 4.91. The SMILES string of the molecule is CC(C)(C)OC(=O)N[C@@H](Cc1ccc(F)c(F)c1)C(=O)O. The first-order chi connectivity index (χ1) is 9.58. The third-order valence-electron chi connectivity index (χ3n) is 2.41. The van der Waals surface area contributed by atoms with Crippen molar-refractivity contribution in [2.24, 2.45) is 0 Å². The van der Waals surface area contributed by atoms with E-state index in [2.05, 4.69) is 5.32 Å². The van der Waals surface area contributed by atoms with Gasteiger partial charge >= 0.3 is 12.1 Å². The number of halogens is 2. The summed E-state index contributed by atoms with van der Waals surface area (Å²) < 4.78 is 30.8. The molecule has 0 saturated carbocycles. The Hall–Kier alpha value is -2.18. The van der Waals surface area contributed by atoms with Gasteiger partial charge in [-0.15, -0.1) is 0 Å². The first kappa shape index (κ1) is 16.9. The van der Waals surface area contributed by atoms with Crippen LogP contribution in [0.3, 0.4) is 0 Å². The Bertz CT molecular complexity index is 540. The van der Waals surface area contributed by atoms with Crippen molar-refractivity contribution in [3.05, 3.63) is 35.4 Å². The zero-order valence-electron chi connectivity index (χ0n) is 11.9. The Morgan fingerprint density at radius 1 is 1.29 bits per heavy atom. The molecule has 5 nitrogen and oxygen atoms in total. The van der Waals surface area contributed by atoms with Gasteiger partial charge in [-0.1, -0.05) is 6.07 Å². The standard InChI is InChI=1S/C14H17F2NO4/c1-14(2,3)21-13(20)17-11(12(18)19)7-8-4-5-9(15)10(16)6-8/h4-6,11H,7H2,1-3H3,(H,17,20)(H,18,19)/t11-/m0/s1. The van der Waals surface area contributed by atoms with Crippen molar-refractivity contribution in [3.63, 3.8) is 0 Å². The Morgan fingerprint density at radius 3 is 2.38 bits per heavy atom. The zero-order chi connectivity index (χ0) is 16.2. The Morgan fingerprint density at radius 2 is 1.90 bits per heavy atom. The lowest BCUT2D eigenvalue weighted by Gasteiger charge is -2.22. The van der Waals surface area contributed by atoms with Crippen LogP contribution in [0.4, 0.5) is 13.6 Å². The summed E-state index contributed by atoms with van der Waals surface area (Å²) in [5.74, 6) is -3.40. The second kappa shape index (κ2) is 6.51. The number of benzene rings is 1. The maximum atomic E-state index is 13.1. The van der Waals surface area contributed by atoms with E-state index in [0.29, 0.717) is 0 Å². The van der Waals surface area contributed by atoms with Crippen molar-refractivity contribution in [2.75, 3.05) is 0 Å². The van der Waals surface area contributed by atoms with E-state index in [4.69, 9.17) is 9.84 Å². The predicted molar refractivity (Wildman–Crippen MR) is 70.9 cm³/mol. The molecule has 1 aromatic carbocycles. The smallest absolute Gasteiger partial charge is 0.408 e. The molecule has 0 aliphatic heterocycles. The van der Waals surface area contributed by atoms with Crippen molar-refractivity contribution in [1.29, 1.82) is 0 Å². The summed E-state index contributed by atoms with van der Waals surface area (Å²) in [6, 6.07) is 1.74. The first-order valence-corrected chi connectivity index (χ1v) is 6.25. The van der Waals surface area contributed by atoms with Crippen LogP contribution in [0.1, 0.15) is 26.3 Å². The average molecular weight is 301 g/mol. The minimum absolute atomic E-state index is 0.189. The van der Waals surface area contributed by atoms with Gasteiger partial charge in [-0.3, -0.25) is 0 Å². The van der Waals surface area contributed by atoms with Gasteiger partial charge in [-0.25, -0.2) is 18.4 Å². The quantitative estimate of drug-likeness (QED) is 0.896. The molecule has 1 aromatic rings. The molecule has 0 fully saturated rings. The highest BCUT2D eigenvalue weighted by Gasteiger charge is 2.24. The molecule has 1 atom stereocenters. The second-order valence-electron chi connectivity index (χ2n) is 5.49. The third-order valence-corrected chi connectivity index (χ3v) is 2.41. The maximum absolute atomic E-state index is 13.1. The molecule has 7 heteroatoms. The summed E-state index contributed by atoms with van der Waals surface area (Å²) in [5, 5.41) is 11.2. The number of nitrogens with one attached hydrogen (secondary N) is 1. The number of aliphatic carboxylic acids is 1. The average Bonchev–Trinajstić information content (AvgIpc) is 2.30. The van der Waals surface area contributed by atoms with Crippen LogP contribution in [0.25, 0.3) is 0 Å². The molecule has 0 radical (unpaired) electrons. The van der Waals surface area contributed by atoms with Crippen LogP contribution in [0.15, 0.2) is 18.2 Å². The van der Waals surface area contributed by atoms with E-state index in [1.54, 1.807) is 20.8 Å². The summed E-state index contributed by atoms with van der Waals surface area (Å²) in [7, 11) is 0. The highest BCUT2D eigenvalue weighted by molar-refractivity contribution is 5.80. The number of carboxylic acids is 1. The van der Waals surface area contributed by atoms with Crippen LogP contribution in [0, 0.1) is 11.6 Å². The highest BCUT2D eigenvalue weighted by Crippen LogP contribution is 2.12. The number of hydrogen-bond acceptors (Lipinski definition) is 3. The molecule has 1 amide bonds. The lowest BCUT2D eigenvalue weighted by Crippen LogP contribution is -2.44. The molecule has 0 heterocycles. The number of rotatable bonds is 4. The van der Waals surface area contributed by atoms with Crippen LogP contribution >= 0.6 is 0 Å². The van der Waals surface area contributed by atoms with Crippen LogP contribution in [0.2, 0.25) is 0 Å². The fourth-order valence-corrected chi connectivity index (χ4v) is 1.55. The molecule has 1 rings (SSSR count). The molecule has 116 valence electrons. The number of amides is 1. The molecule has 0 saturated heterocycles. The van der Waals surface area contributed by atoms with Gasteiger partial charge in [0.25, 0.3) is 0 Å². The van der Waals surface area contributed by atoms with Crippen LogP contribution < -0.4 is 5.32 Å². The molecule has 2 N–H and O–H groups in total. The van der Waals surface area contributed by atoms with E-state index < -0.39 is 35.3 Å². The fraction of sp³-hybridized carbons (Fsp3) is 0.429. The monoisotopic (exact) mass is 301 g/mol. The second-order valence-corrected chi connectivity index (χ2v) is 5.49. The Balaban J connectivity index is 2.76. The molecule has 0 unspecified atom stereocenters. The van der Waals surface area contributed by atoms with Crippen molar-refractivity contribution >= 4 is 12.1 Å². The van der Waals surface area contributed by atoms with Gasteiger partial charge in [0, 0.05) is 6.42 Å². The molecule has 21 heavy (non-hydrogen) atoms. The lowest BCUT2D eigenvalue weighted by atomic mass is 10.1. The van der Waals surface area contributed by atoms with E-state index in [-0.39, 0.29) is 12.0 Å². The molecule has 0 aliphatic carbocycles. The number of carboxylic acid groups (broad SMARTS) is 1. The topological polar surface area (TPSA) is 75.6 Å². The molecular formula is C14H17F2NO4. The van der Waals surface area contributed by atoms with Crippen LogP contribution in [0.5, 0.6) is 0 Å². The molecule has 0 bridgehead atoms. The van der Waals surface area contributed by atoms with Crippen molar-refractivity contribution in [2.45, 2.75) is 38.8 Å². The highest BCUT2D eigenvalue weighted by atomic mass is 19.2. The molecule has 0 aromatic heterocycles. The molecule has 0 spiro atoms. The predicted octanol–water partition coefficient (Wildman–Crippen LogP) is 2.49. The normalized spacial score (nSPS) is 12.6. The zero-order valence-corrected chi connectivity index (χ0v) is 11.9. The summed E-state index contributed by atoms with van der Waals surface area (Å²) in [6.07, 6.45) is -1.08. The molecular weight excluding hydrogens is 284 g/mol. The van der Waals surface area contributed by atoms with Gasteiger partial charge in [0.05, 0.1) is 0 Å². The van der Waals surface area contributed by atoms with Gasteiger partial charge in [0.15, 0.2) is 11.6 Å². The van der Waals surface area contributed by atoms with Gasteiger partial charge in [-0.05, 0) is 38.5 Å². The van der Waals surface area contributed by atoms with Gasteiger partial charge in [0.2, 0.25) is 0 Å². The molecule has 0 aliphatic rings. The van der Waals surface area contributed by atoms with Crippen LogP contribution in [-0.2, 0) is 16.0 Å². The van der Waals surface area contributed by atoms with Crippen molar-refractivity contribution in [3.8, 4) is 0 Å². The van der Waals surface area contributed by atoms with Gasteiger partial charge in [0.1, 0.15) is 11.6 Å². The first-order valence-electron chi connectivity index (χ1n) is 6.25. The Labute approximate surface area is 120 Å². The third kappa shape index (κ3) is 5.76. The Kier molecular flexibility index (Phi) is 5.23. The van der Waals surface area contributed by atoms with E-state index in [1.165, 1.54) is 6.07 Å². The number of carbonyl (C=O) groups is 2. The van der Waals surface area contributed by atoms with Crippen molar-refractivity contribution < 1.29 is 28.2 Å². The number of ether oxygens (including phenoxy) is 1. The van der Waals surface area contributed by atoms with Crippen LogP contribution in [-0.4, -0.2) is 28.8 Å². The van der Waals surface area contributed by atoms with E-state index in [1.807, 2.05) is 0 Å². The largest absolute Gasteiger partial charge is 0.480 e. The number of alkyl carbamates (subject to hydrolysis) is 1. The minimum atomic E-state index is -1.30.